The molecule has 9 heteroatoms. The number of hydrogen-bond donors (Lipinski definition) is 1. The number of nitrogens with zero attached hydrogens (tertiary/aromatic N) is 1. The zero-order chi connectivity index (χ0) is 29.2. The van der Waals surface area contributed by atoms with Crippen molar-refractivity contribution in [1.82, 2.24) is 10.2 Å². The number of carbonyl (C=O) groups is 2. The van der Waals surface area contributed by atoms with Crippen LogP contribution in [0.4, 0.5) is 0 Å². The van der Waals surface area contributed by atoms with Gasteiger partial charge in [-0.3, -0.25) is 9.59 Å². The minimum Gasteiger partial charge on any atom is -0.496 e. The van der Waals surface area contributed by atoms with E-state index in [9.17, 15) is 9.59 Å². The van der Waals surface area contributed by atoms with Gasteiger partial charge in [-0.05, 0) is 36.1 Å². The fourth-order valence-corrected chi connectivity index (χ4v) is 5.35. The van der Waals surface area contributed by atoms with Crippen molar-refractivity contribution in [2.24, 2.45) is 0 Å². The summed E-state index contributed by atoms with van der Waals surface area (Å²) in [5.41, 5.74) is 1.70. The van der Waals surface area contributed by atoms with Crippen molar-refractivity contribution in [1.29, 1.82) is 0 Å². The van der Waals surface area contributed by atoms with Gasteiger partial charge in [0, 0.05) is 37.2 Å². The number of methoxy groups -OCH3 is 2. The third-order valence-electron chi connectivity index (χ3n) is 7.25. The van der Waals surface area contributed by atoms with Crippen molar-refractivity contribution in [3.05, 3.63) is 87.9 Å². The number of benzene rings is 3. The van der Waals surface area contributed by atoms with E-state index in [1.807, 2.05) is 30.3 Å². The van der Waals surface area contributed by atoms with Crippen LogP contribution in [-0.4, -0.2) is 49.6 Å². The van der Waals surface area contributed by atoms with Crippen molar-refractivity contribution in [3.8, 4) is 17.2 Å². The molecule has 1 atom stereocenters. The standard InChI is InChI=1S/C32H36Cl2N2O5/c1-39-25-17-26(40-2)19-27(18-25)41-21-31(37)36(20-23-13-14-28(33)29(34)15-23)30(16-22-9-5-3-6-10-22)32(38)35-24-11-7-4-8-12-24/h3,5-6,9-10,13-15,17-19,24,30H,4,7-8,11-12,16,20-21H2,1-2H3,(H,35,38). The molecule has 7 nitrogen and oxygen atoms in total. The predicted molar refractivity (Wildman–Crippen MR) is 161 cm³/mol. The lowest BCUT2D eigenvalue weighted by molar-refractivity contribution is -0.143. The SMILES string of the molecule is COc1cc(OC)cc(OCC(=O)N(Cc2ccc(Cl)c(Cl)c2)C(Cc2ccccc2)C(=O)NC2CCCCC2)c1. The van der Waals surface area contributed by atoms with E-state index < -0.39 is 6.04 Å². The van der Waals surface area contributed by atoms with E-state index in [0.717, 1.165) is 36.8 Å². The lowest BCUT2D eigenvalue weighted by Crippen LogP contribution is -2.53. The first kappa shape index (κ1) is 30.5. The lowest BCUT2D eigenvalue weighted by atomic mass is 9.94. The van der Waals surface area contributed by atoms with Crippen LogP contribution >= 0.6 is 23.2 Å². The molecule has 218 valence electrons. The van der Waals surface area contributed by atoms with E-state index in [4.69, 9.17) is 37.4 Å². The minimum absolute atomic E-state index is 0.0944. The first-order valence-electron chi connectivity index (χ1n) is 13.8. The molecule has 0 aromatic heterocycles. The molecule has 0 saturated heterocycles. The van der Waals surface area contributed by atoms with Gasteiger partial charge >= 0.3 is 0 Å². The monoisotopic (exact) mass is 598 g/mol. The van der Waals surface area contributed by atoms with E-state index in [-0.39, 0.29) is 31.0 Å². The number of carbonyl (C=O) groups excluding carboxylic acids is 2. The highest BCUT2D eigenvalue weighted by Gasteiger charge is 2.32. The molecule has 1 aliphatic rings. The molecule has 1 N–H and O–H groups in total. The summed E-state index contributed by atoms with van der Waals surface area (Å²) in [6.45, 7) is -0.143. The number of amides is 2. The van der Waals surface area contributed by atoms with Gasteiger partial charge < -0.3 is 24.4 Å². The molecule has 41 heavy (non-hydrogen) atoms. The van der Waals surface area contributed by atoms with Crippen molar-refractivity contribution in [2.45, 2.75) is 57.2 Å². The maximum absolute atomic E-state index is 13.9. The van der Waals surface area contributed by atoms with Crippen LogP contribution in [-0.2, 0) is 22.6 Å². The summed E-state index contributed by atoms with van der Waals surface area (Å²) in [4.78, 5) is 29.4. The molecule has 1 unspecified atom stereocenters. The van der Waals surface area contributed by atoms with Crippen LogP contribution in [0.3, 0.4) is 0 Å². The quantitative estimate of drug-likeness (QED) is 0.258. The zero-order valence-corrected chi connectivity index (χ0v) is 24.9. The molecule has 0 aliphatic heterocycles. The number of nitrogens with one attached hydrogen (secondary N) is 1. The van der Waals surface area contributed by atoms with E-state index in [2.05, 4.69) is 5.32 Å². The Kier molecular flexibility index (Phi) is 11.2. The van der Waals surface area contributed by atoms with Gasteiger partial charge in [-0.15, -0.1) is 0 Å². The van der Waals surface area contributed by atoms with Crippen LogP contribution in [0.5, 0.6) is 17.2 Å². The van der Waals surface area contributed by atoms with E-state index >= 15 is 0 Å². The van der Waals surface area contributed by atoms with E-state index in [1.54, 1.807) is 55.5 Å². The molecule has 3 aromatic rings. The molecule has 1 fully saturated rings. The summed E-state index contributed by atoms with van der Waals surface area (Å²) in [6, 6.07) is 19.3. The highest BCUT2D eigenvalue weighted by molar-refractivity contribution is 6.42. The number of rotatable bonds is 12. The van der Waals surface area contributed by atoms with Crippen molar-refractivity contribution >= 4 is 35.0 Å². The second kappa shape index (κ2) is 15.0. The maximum atomic E-state index is 13.9. The average molecular weight is 600 g/mol. The molecule has 0 bridgehead atoms. The van der Waals surface area contributed by atoms with Crippen LogP contribution in [0.2, 0.25) is 10.0 Å². The Hall–Kier alpha value is -3.42. The normalized spacial score (nSPS) is 14.1. The van der Waals surface area contributed by atoms with Gasteiger partial charge in [0.2, 0.25) is 5.91 Å². The molecular formula is C32H36Cl2N2O5. The Balaban J connectivity index is 1.64. The van der Waals surface area contributed by atoms with E-state index in [0.29, 0.717) is 33.7 Å². The molecular weight excluding hydrogens is 563 g/mol. The summed E-state index contributed by atoms with van der Waals surface area (Å²) in [6.07, 6.45) is 5.56. The van der Waals surface area contributed by atoms with Crippen molar-refractivity contribution in [3.63, 3.8) is 0 Å². The van der Waals surface area contributed by atoms with Crippen LogP contribution in [0.25, 0.3) is 0 Å². The van der Waals surface area contributed by atoms with Gasteiger partial charge in [0.15, 0.2) is 6.61 Å². The molecule has 1 saturated carbocycles. The number of ether oxygens (including phenoxy) is 3. The molecule has 4 rings (SSSR count). The van der Waals surface area contributed by atoms with Gasteiger partial charge in [0.05, 0.1) is 24.3 Å². The fraction of sp³-hybridized carbons (Fsp3) is 0.375. The number of hydrogen-bond acceptors (Lipinski definition) is 5. The van der Waals surface area contributed by atoms with Crippen LogP contribution in [0.1, 0.15) is 43.2 Å². The van der Waals surface area contributed by atoms with E-state index in [1.165, 1.54) is 6.42 Å². The second-order valence-electron chi connectivity index (χ2n) is 10.2. The minimum atomic E-state index is -0.773. The van der Waals surface area contributed by atoms with Crippen LogP contribution in [0.15, 0.2) is 66.7 Å². The summed E-state index contributed by atoms with van der Waals surface area (Å²) < 4.78 is 16.6. The average Bonchev–Trinajstić information content (AvgIpc) is 3.00. The van der Waals surface area contributed by atoms with Gasteiger partial charge in [-0.25, -0.2) is 0 Å². The summed E-state index contributed by atoms with van der Waals surface area (Å²) in [7, 11) is 3.09. The van der Waals surface area contributed by atoms with Gasteiger partial charge in [0.1, 0.15) is 23.3 Å². The Bertz CT molecular complexity index is 1290. The molecule has 2 amide bonds. The summed E-state index contributed by atoms with van der Waals surface area (Å²) >= 11 is 12.5. The third kappa shape index (κ3) is 8.78. The Morgan fingerprint density at radius 3 is 2.15 bits per heavy atom. The van der Waals surface area contributed by atoms with Gasteiger partial charge in [-0.1, -0.05) is 78.9 Å². The smallest absolute Gasteiger partial charge is 0.261 e. The Morgan fingerprint density at radius 2 is 1.51 bits per heavy atom. The molecule has 1 aliphatic carbocycles. The second-order valence-corrected chi connectivity index (χ2v) is 11.0. The molecule has 0 radical (unpaired) electrons. The maximum Gasteiger partial charge on any atom is 0.261 e. The molecule has 0 heterocycles. The largest absolute Gasteiger partial charge is 0.496 e. The first-order chi connectivity index (χ1) is 19.9. The Labute approximate surface area is 251 Å². The van der Waals surface area contributed by atoms with Gasteiger partial charge in [0.25, 0.3) is 5.91 Å². The summed E-state index contributed by atoms with van der Waals surface area (Å²) in [5, 5.41) is 4.02. The molecule has 0 spiro atoms. The Morgan fingerprint density at radius 1 is 0.854 bits per heavy atom. The fourth-order valence-electron chi connectivity index (χ4n) is 5.03. The van der Waals surface area contributed by atoms with Crippen LogP contribution in [0, 0.1) is 0 Å². The first-order valence-corrected chi connectivity index (χ1v) is 14.6. The van der Waals surface area contributed by atoms with Crippen molar-refractivity contribution < 1.29 is 23.8 Å². The highest BCUT2D eigenvalue weighted by atomic mass is 35.5. The zero-order valence-electron chi connectivity index (χ0n) is 23.4. The van der Waals surface area contributed by atoms with Crippen molar-refractivity contribution in [2.75, 3.05) is 20.8 Å². The van der Waals surface area contributed by atoms with Gasteiger partial charge in [-0.2, -0.15) is 0 Å². The highest BCUT2D eigenvalue weighted by Crippen LogP contribution is 2.28. The lowest BCUT2D eigenvalue weighted by Gasteiger charge is -2.33. The number of halogens is 2. The topological polar surface area (TPSA) is 77.1 Å². The predicted octanol–water partition coefficient (Wildman–Crippen LogP) is 6.48. The van der Waals surface area contributed by atoms with Crippen LogP contribution < -0.4 is 19.5 Å². The molecule has 3 aromatic carbocycles. The third-order valence-corrected chi connectivity index (χ3v) is 7.99. The summed E-state index contributed by atoms with van der Waals surface area (Å²) in [5.74, 6) is 0.951.